The number of halogens is 1. The summed E-state index contributed by atoms with van der Waals surface area (Å²) in [5, 5.41) is 0. The van der Waals surface area contributed by atoms with Crippen LogP contribution in [-0.4, -0.2) is 83.1 Å². The van der Waals surface area contributed by atoms with Gasteiger partial charge in [-0.25, -0.2) is 8.42 Å². The summed E-state index contributed by atoms with van der Waals surface area (Å²) in [6, 6.07) is 12.7. The highest BCUT2D eigenvalue weighted by atomic mass is 35.5. The lowest BCUT2D eigenvalue weighted by molar-refractivity contribution is 0.0729. The number of sulfonamides is 1. The maximum Gasteiger partial charge on any atom is 0.254 e. The first-order chi connectivity index (χ1) is 15.4. The number of nitrogens with zero attached hydrogens (tertiary/aromatic N) is 3. The number of aryl methyl sites for hydroxylation is 1. The number of carbonyl (C=O) groups excluding carboxylic acids is 1. The molecule has 2 heterocycles. The van der Waals surface area contributed by atoms with Gasteiger partial charge in [-0.15, -0.1) is 12.4 Å². The highest BCUT2D eigenvalue weighted by Crippen LogP contribution is 2.29. The van der Waals surface area contributed by atoms with Crippen molar-refractivity contribution in [3.05, 3.63) is 53.6 Å². The van der Waals surface area contributed by atoms with Crippen LogP contribution in [0, 0.1) is 6.92 Å². The van der Waals surface area contributed by atoms with Gasteiger partial charge < -0.3 is 19.3 Å². The lowest BCUT2D eigenvalue weighted by Crippen LogP contribution is -2.49. The van der Waals surface area contributed by atoms with Crippen molar-refractivity contribution < 1.29 is 22.7 Å². The maximum absolute atomic E-state index is 13.3. The highest BCUT2D eigenvalue weighted by Gasteiger charge is 2.29. The fraction of sp³-hybridized carbons (Fsp3) is 0.435. The highest BCUT2D eigenvalue weighted by molar-refractivity contribution is 7.89. The van der Waals surface area contributed by atoms with Gasteiger partial charge in [0.05, 0.1) is 30.9 Å². The van der Waals surface area contributed by atoms with E-state index in [4.69, 9.17) is 9.47 Å². The standard InChI is InChI=1S/C23H29N3O5S.ClH/c1-18-7-8-19(32(28,29)26-13-15-31-16-14-26)17-20(18)23(27)25-11-9-24(10-12-25)21-5-3-4-6-22(21)30-2;/h3-8,17H,9-16H2,1-2H3;1H. The monoisotopic (exact) mass is 495 g/mol. The van der Waals surface area contributed by atoms with Gasteiger partial charge in [-0.2, -0.15) is 4.31 Å². The number of rotatable bonds is 5. The van der Waals surface area contributed by atoms with Gasteiger partial charge in [0.2, 0.25) is 10.0 Å². The molecule has 0 N–H and O–H groups in total. The Balaban J connectivity index is 0.00000306. The lowest BCUT2D eigenvalue weighted by Gasteiger charge is -2.37. The summed E-state index contributed by atoms with van der Waals surface area (Å²) in [7, 11) is -2.01. The van der Waals surface area contributed by atoms with Crippen LogP contribution >= 0.6 is 12.4 Å². The Morgan fingerprint density at radius 3 is 2.30 bits per heavy atom. The molecular formula is C23H30ClN3O5S. The van der Waals surface area contributed by atoms with Crippen molar-refractivity contribution in [2.24, 2.45) is 0 Å². The molecule has 10 heteroatoms. The molecule has 0 radical (unpaired) electrons. The van der Waals surface area contributed by atoms with E-state index in [2.05, 4.69) is 4.90 Å². The lowest BCUT2D eigenvalue weighted by atomic mass is 10.1. The van der Waals surface area contributed by atoms with Crippen LogP contribution < -0.4 is 9.64 Å². The molecule has 4 rings (SSSR count). The average Bonchev–Trinajstić information content (AvgIpc) is 2.84. The molecule has 0 atom stereocenters. The second-order valence-electron chi connectivity index (χ2n) is 7.94. The van der Waals surface area contributed by atoms with Crippen molar-refractivity contribution in [3.8, 4) is 5.75 Å². The third-order valence-electron chi connectivity index (χ3n) is 6.04. The fourth-order valence-electron chi connectivity index (χ4n) is 4.14. The van der Waals surface area contributed by atoms with Gasteiger partial charge in [0.25, 0.3) is 5.91 Å². The number of hydrogen-bond acceptors (Lipinski definition) is 6. The van der Waals surface area contributed by atoms with E-state index >= 15 is 0 Å². The Bertz CT molecular complexity index is 1080. The topological polar surface area (TPSA) is 79.4 Å². The van der Waals surface area contributed by atoms with Crippen LogP contribution in [0.1, 0.15) is 15.9 Å². The van der Waals surface area contributed by atoms with E-state index in [0.29, 0.717) is 58.0 Å². The zero-order valence-corrected chi connectivity index (χ0v) is 20.5. The van der Waals surface area contributed by atoms with Crippen molar-refractivity contribution in [1.82, 2.24) is 9.21 Å². The molecule has 0 aliphatic carbocycles. The van der Waals surface area contributed by atoms with Gasteiger partial charge in [-0.1, -0.05) is 18.2 Å². The van der Waals surface area contributed by atoms with Gasteiger partial charge in [0, 0.05) is 44.8 Å². The number of amides is 1. The first kappa shape index (κ1) is 25.3. The van der Waals surface area contributed by atoms with Gasteiger partial charge in [0.1, 0.15) is 5.75 Å². The van der Waals surface area contributed by atoms with Crippen molar-refractivity contribution in [2.75, 3.05) is 64.5 Å². The van der Waals surface area contributed by atoms with Crippen molar-refractivity contribution in [3.63, 3.8) is 0 Å². The second kappa shape index (κ2) is 10.7. The fourth-order valence-corrected chi connectivity index (χ4v) is 5.57. The first-order valence-corrected chi connectivity index (χ1v) is 12.2. The van der Waals surface area contributed by atoms with E-state index in [1.165, 1.54) is 10.4 Å². The molecule has 0 unspecified atom stereocenters. The summed E-state index contributed by atoms with van der Waals surface area (Å²) in [4.78, 5) is 17.4. The number of piperazine rings is 1. The Kier molecular flexibility index (Phi) is 8.23. The SMILES string of the molecule is COc1ccccc1N1CCN(C(=O)c2cc(S(=O)(=O)N3CCOCC3)ccc2C)CC1.Cl. The predicted molar refractivity (Wildman–Crippen MR) is 129 cm³/mol. The summed E-state index contributed by atoms with van der Waals surface area (Å²) in [5.74, 6) is 0.672. The van der Waals surface area contributed by atoms with Gasteiger partial charge in [-0.3, -0.25) is 4.79 Å². The number of para-hydroxylation sites is 2. The van der Waals surface area contributed by atoms with Gasteiger partial charge in [-0.05, 0) is 36.8 Å². The van der Waals surface area contributed by atoms with Crippen molar-refractivity contribution in [1.29, 1.82) is 0 Å². The number of methoxy groups -OCH3 is 1. The van der Waals surface area contributed by atoms with Crippen LogP contribution in [0.15, 0.2) is 47.4 Å². The molecule has 2 fully saturated rings. The van der Waals surface area contributed by atoms with E-state index in [-0.39, 0.29) is 23.2 Å². The van der Waals surface area contributed by atoms with Crippen LogP contribution in [0.2, 0.25) is 0 Å². The van der Waals surface area contributed by atoms with E-state index in [9.17, 15) is 13.2 Å². The number of carbonyl (C=O) groups is 1. The van der Waals surface area contributed by atoms with Gasteiger partial charge >= 0.3 is 0 Å². The normalized spacial score (nSPS) is 17.4. The molecule has 0 aromatic heterocycles. The molecule has 33 heavy (non-hydrogen) atoms. The Morgan fingerprint density at radius 1 is 0.970 bits per heavy atom. The average molecular weight is 496 g/mol. The van der Waals surface area contributed by atoms with Crippen LogP contribution in [0.4, 0.5) is 5.69 Å². The Hall–Kier alpha value is -2.33. The number of benzene rings is 2. The minimum absolute atomic E-state index is 0. The van der Waals surface area contributed by atoms with Crippen LogP contribution in [0.3, 0.4) is 0 Å². The van der Waals surface area contributed by atoms with E-state index in [1.807, 2.05) is 31.2 Å². The molecule has 0 saturated carbocycles. The van der Waals surface area contributed by atoms with Crippen molar-refractivity contribution in [2.45, 2.75) is 11.8 Å². The molecule has 1 amide bonds. The summed E-state index contributed by atoms with van der Waals surface area (Å²) < 4.78 is 38.2. The maximum atomic E-state index is 13.3. The zero-order valence-electron chi connectivity index (χ0n) is 18.9. The van der Waals surface area contributed by atoms with Crippen molar-refractivity contribution >= 4 is 34.0 Å². The minimum Gasteiger partial charge on any atom is -0.495 e. The van der Waals surface area contributed by atoms with E-state index in [0.717, 1.165) is 17.0 Å². The predicted octanol–water partition coefficient (Wildman–Crippen LogP) is 2.41. The molecule has 2 aliphatic heterocycles. The molecule has 2 aliphatic rings. The molecule has 8 nitrogen and oxygen atoms in total. The Morgan fingerprint density at radius 2 is 1.64 bits per heavy atom. The summed E-state index contributed by atoms with van der Waals surface area (Å²) >= 11 is 0. The number of morpholine rings is 1. The molecule has 2 aromatic rings. The molecule has 0 bridgehead atoms. The summed E-state index contributed by atoms with van der Waals surface area (Å²) in [6.07, 6.45) is 0. The second-order valence-corrected chi connectivity index (χ2v) is 9.88. The minimum atomic E-state index is -3.66. The van der Waals surface area contributed by atoms with E-state index in [1.54, 1.807) is 24.1 Å². The van der Waals surface area contributed by atoms with Crippen LogP contribution in [0.25, 0.3) is 0 Å². The Labute approximate surface area is 201 Å². The zero-order chi connectivity index (χ0) is 22.7. The largest absolute Gasteiger partial charge is 0.495 e. The van der Waals surface area contributed by atoms with E-state index < -0.39 is 10.0 Å². The summed E-state index contributed by atoms with van der Waals surface area (Å²) in [6.45, 7) is 5.71. The van der Waals surface area contributed by atoms with Crippen LogP contribution in [0.5, 0.6) is 5.75 Å². The summed E-state index contributed by atoms with van der Waals surface area (Å²) in [5.41, 5.74) is 2.21. The number of anilines is 1. The molecule has 2 aromatic carbocycles. The molecule has 180 valence electrons. The molecule has 2 saturated heterocycles. The van der Waals surface area contributed by atoms with Gasteiger partial charge in [0.15, 0.2) is 0 Å². The third-order valence-corrected chi connectivity index (χ3v) is 7.93. The third kappa shape index (κ3) is 5.27. The number of ether oxygens (including phenoxy) is 2. The van der Waals surface area contributed by atoms with Crippen LogP contribution in [-0.2, 0) is 14.8 Å². The number of hydrogen-bond donors (Lipinski definition) is 0. The molecule has 0 spiro atoms. The molecular weight excluding hydrogens is 466 g/mol. The first-order valence-electron chi connectivity index (χ1n) is 10.8. The quantitative estimate of drug-likeness (QED) is 0.633. The smallest absolute Gasteiger partial charge is 0.254 e.